The van der Waals surface area contributed by atoms with E-state index in [1.54, 1.807) is 0 Å². The number of ketones is 1. The standard InChI is InChI=1S/C14H19ClO2/c1-4-12(16)7-6-11-9-13(15)14(17-5-2)8-10(11)3/h8-9H,4-7H2,1-3H3. The van der Waals surface area contributed by atoms with E-state index in [1.165, 1.54) is 0 Å². The first-order chi connectivity index (χ1) is 8.08. The summed E-state index contributed by atoms with van der Waals surface area (Å²) in [6, 6.07) is 3.85. The Bertz CT molecular complexity index is 399. The molecule has 1 aromatic rings. The molecule has 0 spiro atoms. The van der Waals surface area contributed by atoms with Crippen LogP contribution in [0.15, 0.2) is 12.1 Å². The minimum absolute atomic E-state index is 0.286. The molecular formula is C14H19ClO2. The fraction of sp³-hybridized carbons (Fsp3) is 0.500. The summed E-state index contributed by atoms with van der Waals surface area (Å²) in [6.45, 7) is 6.44. The third-order valence-electron chi connectivity index (χ3n) is 2.76. The summed E-state index contributed by atoms with van der Waals surface area (Å²) in [4.78, 5) is 11.3. The Balaban J connectivity index is 2.80. The van der Waals surface area contributed by atoms with Gasteiger partial charge in [-0.1, -0.05) is 18.5 Å². The molecule has 0 atom stereocenters. The average molecular weight is 255 g/mol. The molecule has 1 aromatic carbocycles. The van der Waals surface area contributed by atoms with Crippen molar-refractivity contribution in [3.05, 3.63) is 28.3 Å². The highest BCUT2D eigenvalue weighted by Crippen LogP contribution is 2.28. The molecule has 2 nitrogen and oxygen atoms in total. The van der Waals surface area contributed by atoms with Crippen LogP contribution < -0.4 is 4.74 Å². The highest BCUT2D eigenvalue weighted by Gasteiger charge is 2.08. The van der Waals surface area contributed by atoms with Gasteiger partial charge < -0.3 is 4.74 Å². The first kappa shape index (κ1) is 14.0. The molecule has 3 heteroatoms. The maximum Gasteiger partial charge on any atom is 0.138 e. The van der Waals surface area contributed by atoms with E-state index in [1.807, 2.05) is 32.9 Å². The lowest BCUT2D eigenvalue weighted by atomic mass is 10.0. The molecule has 0 radical (unpaired) electrons. The second-order valence-corrected chi connectivity index (χ2v) is 4.44. The second-order valence-electron chi connectivity index (χ2n) is 4.03. The Morgan fingerprint density at radius 2 is 2.06 bits per heavy atom. The largest absolute Gasteiger partial charge is 0.492 e. The molecule has 0 aliphatic heterocycles. The number of aryl methyl sites for hydroxylation is 2. The van der Waals surface area contributed by atoms with Crippen LogP contribution in [0.25, 0.3) is 0 Å². The van der Waals surface area contributed by atoms with Crippen LogP contribution in [0.3, 0.4) is 0 Å². The van der Waals surface area contributed by atoms with Crippen LogP contribution in [0.1, 0.15) is 37.8 Å². The molecule has 0 bridgehead atoms. The quantitative estimate of drug-likeness (QED) is 0.768. The summed E-state index contributed by atoms with van der Waals surface area (Å²) in [6.07, 6.45) is 1.94. The zero-order chi connectivity index (χ0) is 12.8. The normalized spacial score (nSPS) is 10.4. The number of carbonyl (C=O) groups is 1. The van der Waals surface area contributed by atoms with E-state index >= 15 is 0 Å². The Morgan fingerprint density at radius 1 is 1.35 bits per heavy atom. The van der Waals surface area contributed by atoms with Gasteiger partial charge in [-0.3, -0.25) is 4.79 Å². The second kappa shape index (κ2) is 6.65. The van der Waals surface area contributed by atoms with Gasteiger partial charge in [-0.05, 0) is 43.5 Å². The first-order valence-corrected chi connectivity index (χ1v) is 6.39. The fourth-order valence-electron chi connectivity index (χ4n) is 1.68. The number of hydrogen-bond donors (Lipinski definition) is 0. The molecule has 0 unspecified atom stereocenters. The molecule has 0 N–H and O–H groups in total. The monoisotopic (exact) mass is 254 g/mol. The molecule has 0 aliphatic carbocycles. The number of hydrogen-bond acceptors (Lipinski definition) is 2. The van der Waals surface area contributed by atoms with Gasteiger partial charge in [0, 0.05) is 12.8 Å². The smallest absolute Gasteiger partial charge is 0.138 e. The van der Waals surface area contributed by atoms with Gasteiger partial charge in [0.2, 0.25) is 0 Å². The lowest BCUT2D eigenvalue weighted by Gasteiger charge is -2.11. The minimum Gasteiger partial charge on any atom is -0.492 e. The summed E-state index contributed by atoms with van der Waals surface area (Å²) in [5, 5.41) is 0.622. The lowest BCUT2D eigenvalue weighted by molar-refractivity contribution is -0.118. The predicted octanol–water partition coefficient (Wildman–Crippen LogP) is 3.96. The van der Waals surface area contributed by atoms with Crippen molar-refractivity contribution < 1.29 is 9.53 Å². The summed E-state index contributed by atoms with van der Waals surface area (Å²) in [5.41, 5.74) is 2.25. The summed E-state index contributed by atoms with van der Waals surface area (Å²) < 4.78 is 5.42. The van der Waals surface area contributed by atoms with Crippen molar-refractivity contribution in [2.75, 3.05) is 6.61 Å². The number of benzene rings is 1. The van der Waals surface area contributed by atoms with Crippen molar-refractivity contribution >= 4 is 17.4 Å². The molecule has 94 valence electrons. The van der Waals surface area contributed by atoms with Gasteiger partial charge in [0.05, 0.1) is 11.6 Å². The van der Waals surface area contributed by atoms with E-state index in [9.17, 15) is 4.79 Å². The molecule has 0 heterocycles. The van der Waals surface area contributed by atoms with Gasteiger partial charge in [0.1, 0.15) is 11.5 Å². The molecule has 0 fully saturated rings. The molecule has 0 saturated carbocycles. The van der Waals surface area contributed by atoms with Crippen LogP contribution in [0.5, 0.6) is 5.75 Å². The summed E-state index contributed by atoms with van der Waals surface area (Å²) >= 11 is 6.12. The summed E-state index contributed by atoms with van der Waals surface area (Å²) in [5.74, 6) is 1.01. The van der Waals surface area contributed by atoms with E-state index in [-0.39, 0.29) is 5.78 Å². The predicted molar refractivity (Wildman–Crippen MR) is 71.0 cm³/mol. The number of rotatable bonds is 6. The van der Waals surface area contributed by atoms with Crippen LogP contribution in [0, 0.1) is 6.92 Å². The molecule has 1 rings (SSSR count). The molecule has 17 heavy (non-hydrogen) atoms. The van der Waals surface area contributed by atoms with Crippen molar-refractivity contribution in [2.24, 2.45) is 0 Å². The third kappa shape index (κ3) is 4.04. The average Bonchev–Trinajstić information content (AvgIpc) is 2.31. The Labute approximate surface area is 108 Å². The van der Waals surface area contributed by atoms with Crippen molar-refractivity contribution in [2.45, 2.75) is 40.0 Å². The zero-order valence-electron chi connectivity index (χ0n) is 10.7. The third-order valence-corrected chi connectivity index (χ3v) is 3.05. The fourth-order valence-corrected chi connectivity index (χ4v) is 1.92. The molecule has 0 saturated heterocycles. The van der Waals surface area contributed by atoms with Gasteiger partial charge >= 0.3 is 0 Å². The highest BCUT2D eigenvalue weighted by atomic mass is 35.5. The SMILES string of the molecule is CCOc1cc(C)c(CCC(=O)CC)cc1Cl. The molecule has 0 aliphatic rings. The zero-order valence-corrected chi connectivity index (χ0v) is 11.4. The van der Waals surface area contributed by atoms with Crippen LogP contribution in [0.2, 0.25) is 5.02 Å². The Morgan fingerprint density at radius 3 is 2.65 bits per heavy atom. The van der Waals surface area contributed by atoms with Crippen LogP contribution in [-0.4, -0.2) is 12.4 Å². The summed E-state index contributed by atoms with van der Waals surface area (Å²) in [7, 11) is 0. The number of halogens is 1. The molecule has 0 aromatic heterocycles. The molecular weight excluding hydrogens is 236 g/mol. The van der Waals surface area contributed by atoms with E-state index < -0.39 is 0 Å². The minimum atomic E-state index is 0.286. The van der Waals surface area contributed by atoms with Gasteiger partial charge in [0.15, 0.2) is 0 Å². The van der Waals surface area contributed by atoms with Crippen LogP contribution in [-0.2, 0) is 11.2 Å². The van der Waals surface area contributed by atoms with Gasteiger partial charge in [-0.25, -0.2) is 0 Å². The maximum atomic E-state index is 11.3. The van der Waals surface area contributed by atoms with E-state index in [2.05, 4.69) is 0 Å². The maximum absolute atomic E-state index is 11.3. The Hall–Kier alpha value is -1.02. The number of carbonyl (C=O) groups excluding carboxylic acids is 1. The van der Waals surface area contributed by atoms with E-state index in [0.717, 1.165) is 23.3 Å². The Kier molecular flexibility index (Phi) is 5.49. The topological polar surface area (TPSA) is 26.3 Å². The van der Waals surface area contributed by atoms with Crippen molar-refractivity contribution in [3.63, 3.8) is 0 Å². The van der Waals surface area contributed by atoms with Gasteiger partial charge in [-0.15, -0.1) is 0 Å². The van der Waals surface area contributed by atoms with Crippen molar-refractivity contribution in [3.8, 4) is 5.75 Å². The highest BCUT2D eigenvalue weighted by molar-refractivity contribution is 6.32. The van der Waals surface area contributed by atoms with E-state index in [4.69, 9.17) is 16.3 Å². The number of Topliss-reactive ketones (excluding diaryl/α,β-unsaturated/α-hetero) is 1. The van der Waals surface area contributed by atoms with Crippen LogP contribution >= 0.6 is 11.6 Å². The van der Waals surface area contributed by atoms with Crippen LogP contribution in [0.4, 0.5) is 0 Å². The van der Waals surface area contributed by atoms with Crippen molar-refractivity contribution in [1.82, 2.24) is 0 Å². The van der Waals surface area contributed by atoms with E-state index in [0.29, 0.717) is 24.5 Å². The number of ether oxygens (including phenoxy) is 1. The first-order valence-electron chi connectivity index (χ1n) is 6.02. The molecule has 0 amide bonds. The van der Waals surface area contributed by atoms with Gasteiger partial charge in [-0.2, -0.15) is 0 Å². The van der Waals surface area contributed by atoms with Gasteiger partial charge in [0.25, 0.3) is 0 Å². The van der Waals surface area contributed by atoms with Crippen molar-refractivity contribution in [1.29, 1.82) is 0 Å². The lowest BCUT2D eigenvalue weighted by Crippen LogP contribution is -2.00.